The van der Waals surface area contributed by atoms with E-state index in [4.69, 9.17) is 20.1 Å². The summed E-state index contributed by atoms with van der Waals surface area (Å²) < 4.78 is 0. The van der Waals surface area contributed by atoms with Gasteiger partial charge in [-0.1, -0.05) is 0 Å². The molecule has 0 amide bonds. The number of carbonyl (C=O) groups is 3. The number of hydrogen-bond acceptors (Lipinski definition) is 8. The summed E-state index contributed by atoms with van der Waals surface area (Å²) in [6, 6.07) is 0. The molecule has 2 atom stereocenters. The number of aliphatic hydroxyl groups excluding tert-OH is 2. The molecule has 0 aromatic heterocycles. The fraction of sp³-hybridized carbons (Fsp3) is 0.500. The smallest absolute Gasteiger partial charge is 0.550 e. The quantitative estimate of drug-likeness (QED) is 0.455. The maximum atomic E-state index is 9.63. The van der Waals surface area contributed by atoms with Crippen LogP contribution in [0.4, 0.5) is 0 Å². The zero-order valence-electron chi connectivity index (χ0n) is 7.58. The van der Waals surface area contributed by atoms with Crippen molar-refractivity contribution in [2.45, 2.75) is 19.1 Å². The Kier molecular flexibility index (Phi) is 12.2. The molecule has 0 heterocycles. The van der Waals surface area contributed by atoms with Crippen molar-refractivity contribution >= 4 is 35.3 Å². The second kappa shape index (κ2) is 9.42. The Labute approximate surface area is 94.9 Å². The maximum Gasteiger partial charge on any atom is 3.00 e. The summed E-state index contributed by atoms with van der Waals surface area (Å²) in [6.45, 7) is 0.972. The number of aliphatic carboxylic acids is 3. The molecule has 0 aliphatic heterocycles. The molecule has 0 aromatic rings. The number of carboxylic acids is 3. The topological polar surface area (TPSA) is 161 Å². The number of carbonyl (C=O) groups excluding carboxylic acids is 3. The third-order valence-electron chi connectivity index (χ3n) is 0.782. The first-order valence-corrected chi connectivity index (χ1v) is 3.15. The Morgan fingerprint density at radius 2 is 1.07 bits per heavy atom. The van der Waals surface area contributed by atoms with E-state index in [1.165, 1.54) is 0 Å². The molecular formula is C6H7AlO8. The van der Waals surface area contributed by atoms with Crippen LogP contribution in [0.25, 0.3) is 0 Å². The van der Waals surface area contributed by atoms with E-state index in [0.29, 0.717) is 0 Å². The molecule has 82 valence electrons. The van der Waals surface area contributed by atoms with Crippen molar-refractivity contribution in [2.24, 2.45) is 0 Å². The van der Waals surface area contributed by atoms with Crippen molar-refractivity contribution in [2.75, 3.05) is 0 Å². The van der Waals surface area contributed by atoms with Gasteiger partial charge >= 0.3 is 17.4 Å². The largest absolute Gasteiger partial charge is 3.00 e. The van der Waals surface area contributed by atoms with E-state index < -0.39 is 30.1 Å². The van der Waals surface area contributed by atoms with Gasteiger partial charge in [0.25, 0.3) is 0 Å². The minimum absolute atomic E-state index is 0. The summed E-state index contributed by atoms with van der Waals surface area (Å²) in [5.41, 5.74) is 0. The molecule has 0 bridgehead atoms. The summed E-state index contributed by atoms with van der Waals surface area (Å²) in [5.74, 6) is -5.20. The Bertz CT molecular complexity index is 205. The average molecular weight is 234 g/mol. The zero-order valence-corrected chi connectivity index (χ0v) is 8.73. The first-order valence-electron chi connectivity index (χ1n) is 3.15. The maximum absolute atomic E-state index is 9.63. The standard InChI is InChI=1S/C4H6O6.C2H4O2.Al/c5-1(3(7)8)2(6)4(9)10;1-2(3)4;/h1-2,5-6H,(H,7,8)(H,9,10);1H3,(H,3,4);/q;;+3/p-3/t1-,2-;;/m1../s1. The molecule has 15 heavy (non-hydrogen) atoms. The van der Waals surface area contributed by atoms with Crippen LogP contribution in [-0.4, -0.2) is 57.7 Å². The molecule has 0 radical (unpaired) electrons. The number of rotatable bonds is 3. The van der Waals surface area contributed by atoms with E-state index in [1.54, 1.807) is 0 Å². The van der Waals surface area contributed by atoms with Crippen molar-refractivity contribution in [1.82, 2.24) is 0 Å². The van der Waals surface area contributed by atoms with Gasteiger partial charge < -0.3 is 39.9 Å². The van der Waals surface area contributed by atoms with Crippen molar-refractivity contribution in [3.8, 4) is 0 Å². The van der Waals surface area contributed by atoms with Gasteiger partial charge in [-0.15, -0.1) is 0 Å². The van der Waals surface area contributed by atoms with E-state index in [-0.39, 0.29) is 17.4 Å². The molecule has 0 fully saturated rings. The Morgan fingerprint density at radius 3 is 1.13 bits per heavy atom. The zero-order chi connectivity index (χ0) is 11.9. The second-order valence-corrected chi connectivity index (χ2v) is 2.02. The van der Waals surface area contributed by atoms with Crippen molar-refractivity contribution in [1.29, 1.82) is 0 Å². The minimum Gasteiger partial charge on any atom is -0.550 e. The van der Waals surface area contributed by atoms with Gasteiger partial charge in [-0.05, 0) is 6.92 Å². The fourth-order valence-electron chi connectivity index (χ4n) is 0.258. The SMILES string of the molecule is CC(=O)[O-].O=C([O-])[C@H](O)[C@@H](O)C(=O)[O-].[Al+3]. The van der Waals surface area contributed by atoms with Crippen molar-refractivity contribution < 1.29 is 39.9 Å². The van der Waals surface area contributed by atoms with E-state index in [9.17, 15) is 19.8 Å². The van der Waals surface area contributed by atoms with Crippen molar-refractivity contribution in [3.05, 3.63) is 0 Å². The van der Waals surface area contributed by atoms with Crippen LogP contribution in [0.2, 0.25) is 0 Å². The number of carboxylic acid groups (broad SMARTS) is 3. The summed E-state index contributed by atoms with van der Waals surface area (Å²) in [5, 5.41) is 44.6. The third kappa shape index (κ3) is 12.9. The molecule has 0 aliphatic rings. The van der Waals surface area contributed by atoms with Gasteiger partial charge in [0.15, 0.2) is 0 Å². The van der Waals surface area contributed by atoms with Crippen LogP contribution in [0.1, 0.15) is 6.92 Å². The third-order valence-corrected chi connectivity index (χ3v) is 0.782. The summed E-state index contributed by atoms with van der Waals surface area (Å²) >= 11 is 0. The van der Waals surface area contributed by atoms with E-state index >= 15 is 0 Å². The molecule has 0 saturated heterocycles. The minimum atomic E-state index is -2.44. The summed E-state index contributed by atoms with van der Waals surface area (Å²) in [7, 11) is 0. The van der Waals surface area contributed by atoms with Gasteiger partial charge in [-0.25, -0.2) is 0 Å². The van der Waals surface area contributed by atoms with Gasteiger partial charge in [0.1, 0.15) is 12.2 Å². The molecule has 9 heteroatoms. The van der Waals surface area contributed by atoms with Gasteiger partial charge in [-0.3, -0.25) is 0 Å². The van der Waals surface area contributed by atoms with Gasteiger partial charge in [0.05, 0.1) is 11.9 Å². The van der Waals surface area contributed by atoms with Crippen LogP contribution in [0.3, 0.4) is 0 Å². The molecule has 0 aliphatic carbocycles. The first-order chi connectivity index (χ1) is 6.20. The molecule has 0 rings (SSSR count). The van der Waals surface area contributed by atoms with Crippen LogP contribution in [0.5, 0.6) is 0 Å². The van der Waals surface area contributed by atoms with Crippen LogP contribution in [-0.2, 0) is 14.4 Å². The number of hydrogen-bond donors (Lipinski definition) is 2. The summed E-state index contributed by atoms with van der Waals surface area (Å²) in [6.07, 6.45) is -4.88. The van der Waals surface area contributed by atoms with Gasteiger partial charge in [-0.2, -0.15) is 0 Å². The van der Waals surface area contributed by atoms with E-state index in [0.717, 1.165) is 6.92 Å². The van der Waals surface area contributed by atoms with Crippen LogP contribution in [0.15, 0.2) is 0 Å². The molecule has 0 saturated carbocycles. The average Bonchev–Trinajstić information content (AvgIpc) is 2.00. The van der Waals surface area contributed by atoms with Crippen molar-refractivity contribution in [3.63, 3.8) is 0 Å². The molecule has 2 N–H and O–H groups in total. The van der Waals surface area contributed by atoms with Crippen LogP contribution >= 0.6 is 0 Å². The molecule has 0 unspecified atom stereocenters. The predicted octanol–water partition coefficient (Wildman–Crippen LogP) is -6.42. The first kappa shape index (κ1) is 19.4. The fourth-order valence-corrected chi connectivity index (χ4v) is 0.258. The Balaban J connectivity index is -0.000000249. The van der Waals surface area contributed by atoms with E-state index in [2.05, 4.69) is 0 Å². The van der Waals surface area contributed by atoms with Crippen LogP contribution < -0.4 is 15.3 Å². The number of aliphatic hydroxyl groups is 2. The van der Waals surface area contributed by atoms with Gasteiger partial charge in [0.2, 0.25) is 0 Å². The Hall–Kier alpha value is -1.14. The molecule has 0 aromatic carbocycles. The molecular weight excluding hydrogens is 227 g/mol. The van der Waals surface area contributed by atoms with E-state index in [1.807, 2.05) is 0 Å². The predicted molar refractivity (Wildman–Crippen MR) is 38.5 cm³/mol. The van der Waals surface area contributed by atoms with Gasteiger partial charge in [0, 0.05) is 5.97 Å². The van der Waals surface area contributed by atoms with Crippen LogP contribution in [0, 0.1) is 0 Å². The second-order valence-electron chi connectivity index (χ2n) is 2.02. The Morgan fingerprint density at radius 1 is 0.933 bits per heavy atom. The summed E-state index contributed by atoms with van der Waals surface area (Å²) in [4.78, 5) is 28.2. The molecule has 8 nitrogen and oxygen atoms in total. The molecule has 0 spiro atoms. The monoisotopic (exact) mass is 234 g/mol. The normalized spacial score (nSPS) is 12.2.